The number of hydrogen-bond donors (Lipinski definition) is 2. The van der Waals surface area contributed by atoms with Crippen molar-refractivity contribution in [2.24, 2.45) is 4.99 Å². The molecular formula is C21H30N6O2. The molecule has 1 amide bonds. The Bertz CT molecular complexity index is 868. The molecule has 29 heavy (non-hydrogen) atoms. The summed E-state index contributed by atoms with van der Waals surface area (Å²) < 4.78 is 6.77. The van der Waals surface area contributed by atoms with Gasteiger partial charge < -0.3 is 20.3 Å². The molecule has 1 aliphatic heterocycles. The second-order valence-corrected chi connectivity index (χ2v) is 7.27. The molecule has 156 valence electrons. The summed E-state index contributed by atoms with van der Waals surface area (Å²) in [6, 6.07) is 10.6. The van der Waals surface area contributed by atoms with Gasteiger partial charge in [0, 0.05) is 38.4 Å². The van der Waals surface area contributed by atoms with Crippen molar-refractivity contribution in [3.05, 3.63) is 47.3 Å². The highest BCUT2D eigenvalue weighted by Gasteiger charge is 2.23. The summed E-state index contributed by atoms with van der Waals surface area (Å²) in [6.07, 6.45) is 1.46. The van der Waals surface area contributed by atoms with Gasteiger partial charge in [-0.1, -0.05) is 18.2 Å². The summed E-state index contributed by atoms with van der Waals surface area (Å²) in [7, 11) is 3.19. The Hall–Kier alpha value is -3.03. The molecule has 1 fully saturated rings. The maximum absolute atomic E-state index is 11.6. The third-order valence-electron chi connectivity index (χ3n) is 5.17. The molecule has 0 atom stereocenters. The number of piperidine rings is 1. The number of aliphatic imine (C=N–C) groups is 1. The molecule has 2 N–H and O–H groups in total. The fourth-order valence-electron chi connectivity index (χ4n) is 3.64. The van der Waals surface area contributed by atoms with Gasteiger partial charge in [-0.05, 0) is 44.4 Å². The topological polar surface area (TPSA) is 83.8 Å². The van der Waals surface area contributed by atoms with Crippen molar-refractivity contribution >= 4 is 12.1 Å². The zero-order valence-corrected chi connectivity index (χ0v) is 17.6. The molecule has 0 spiro atoms. The summed E-state index contributed by atoms with van der Waals surface area (Å²) in [5.41, 5.74) is 4.31. The molecule has 0 saturated carbocycles. The van der Waals surface area contributed by atoms with Crippen LogP contribution in [0.5, 0.6) is 0 Å². The van der Waals surface area contributed by atoms with Crippen molar-refractivity contribution in [1.29, 1.82) is 0 Å². The molecule has 0 bridgehead atoms. The van der Waals surface area contributed by atoms with Crippen molar-refractivity contribution in [3.63, 3.8) is 0 Å². The highest BCUT2D eigenvalue weighted by molar-refractivity contribution is 5.80. The van der Waals surface area contributed by atoms with E-state index < -0.39 is 0 Å². The maximum atomic E-state index is 11.6. The number of aromatic nitrogens is 2. The number of likely N-dealkylation sites (tertiary alicyclic amines) is 1. The Morgan fingerprint density at radius 1 is 1.28 bits per heavy atom. The Balaban J connectivity index is 1.60. The fourth-order valence-corrected chi connectivity index (χ4v) is 3.64. The number of carbonyl (C=O) groups excluding carboxylic acids is 1. The first-order chi connectivity index (χ1) is 14.0. The summed E-state index contributed by atoms with van der Waals surface area (Å²) in [5, 5.41) is 11.5. The smallest absolute Gasteiger partial charge is 0.409 e. The highest BCUT2D eigenvalue weighted by atomic mass is 16.5. The van der Waals surface area contributed by atoms with Crippen molar-refractivity contribution in [3.8, 4) is 5.69 Å². The van der Waals surface area contributed by atoms with Crippen molar-refractivity contribution < 1.29 is 9.53 Å². The lowest BCUT2D eigenvalue weighted by Crippen LogP contribution is -2.49. The zero-order valence-electron chi connectivity index (χ0n) is 17.6. The van der Waals surface area contributed by atoms with E-state index in [4.69, 9.17) is 4.74 Å². The van der Waals surface area contributed by atoms with E-state index >= 15 is 0 Å². The molecular weight excluding hydrogens is 368 g/mol. The van der Waals surface area contributed by atoms with Gasteiger partial charge in [0.15, 0.2) is 5.96 Å². The van der Waals surface area contributed by atoms with Gasteiger partial charge in [-0.25, -0.2) is 9.48 Å². The lowest BCUT2D eigenvalue weighted by molar-refractivity contribution is 0.111. The largest absolute Gasteiger partial charge is 0.453 e. The summed E-state index contributed by atoms with van der Waals surface area (Å²) in [6.45, 7) is 6.06. The Morgan fingerprint density at radius 3 is 2.62 bits per heavy atom. The van der Waals surface area contributed by atoms with E-state index in [9.17, 15) is 4.79 Å². The lowest BCUT2D eigenvalue weighted by atomic mass is 10.1. The first kappa shape index (κ1) is 20.7. The number of guanidine groups is 1. The second-order valence-electron chi connectivity index (χ2n) is 7.27. The first-order valence-corrected chi connectivity index (χ1v) is 9.93. The summed E-state index contributed by atoms with van der Waals surface area (Å²) >= 11 is 0. The van der Waals surface area contributed by atoms with E-state index in [2.05, 4.69) is 45.8 Å². The molecule has 1 aliphatic rings. The van der Waals surface area contributed by atoms with Gasteiger partial charge in [0.25, 0.3) is 0 Å². The number of nitrogens with zero attached hydrogens (tertiary/aromatic N) is 4. The minimum absolute atomic E-state index is 0.258. The summed E-state index contributed by atoms with van der Waals surface area (Å²) in [5.74, 6) is 0.754. The van der Waals surface area contributed by atoms with Gasteiger partial charge in [0.1, 0.15) is 0 Å². The van der Waals surface area contributed by atoms with Crippen LogP contribution in [-0.2, 0) is 11.3 Å². The zero-order chi connectivity index (χ0) is 20.8. The molecule has 0 radical (unpaired) electrons. The van der Waals surface area contributed by atoms with Crippen LogP contribution in [0.3, 0.4) is 0 Å². The molecule has 1 aromatic carbocycles. The van der Waals surface area contributed by atoms with Crippen LogP contribution in [0.2, 0.25) is 0 Å². The number of nitrogens with one attached hydrogen (secondary N) is 2. The number of methoxy groups -OCH3 is 1. The van der Waals surface area contributed by atoms with E-state index in [1.54, 1.807) is 11.9 Å². The van der Waals surface area contributed by atoms with Crippen LogP contribution in [0.1, 0.15) is 29.8 Å². The molecule has 0 aliphatic carbocycles. The predicted octanol–water partition coefficient (Wildman–Crippen LogP) is 2.38. The predicted molar refractivity (Wildman–Crippen MR) is 113 cm³/mol. The molecule has 3 rings (SSSR count). The molecule has 1 aromatic heterocycles. The Labute approximate surface area is 171 Å². The number of ether oxygens (including phenoxy) is 1. The monoisotopic (exact) mass is 398 g/mol. The van der Waals surface area contributed by atoms with Crippen LogP contribution < -0.4 is 10.6 Å². The maximum Gasteiger partial charge on any atom is 0.409 e. The van der Waals surface area contributed by atoms with Gasteiger partial charge in [-0.3, -0.25) is 4.99 Å². The number of aryl methyl sites for hydroxylation is 2. The molecule has 1 saturated heterocycles. The molecule has 2 aromatic rings. The number of hydrogen-bond acceptors (Lipinski definition) is 4. The highest BCUT2D eigenvalue weighted by Crippen LogP contribution is 2.17. The average molecular weight is 399 g/mol. The number of para-hydroxylation sites is 1. The van der Waals surface area contributed by atoms with E-state index in [1.165, 1.54) is 7.11 Å². The Kier molecular flexibility index (Phi) is 6.74. The van der Waals surface area contributed by atoms with Crippen molar-refractivity contribution in [2.75, 3.05) is 27.2 Å². The molecule has 0 unspecified atom stereocenters. The fraction of sp³-hybridized carbons (Fsp3) is 0.476. The first-order valence-electron chi connectivity index (χ1n) is 9.93. The van der Waals surface area contributed by atoms with E-state index in [0.717, 1.165) is 41.4 Å². The third-order valence-corrected chi connectivity index (χ3v) is 5.17. The van der Waals surface area contributed by atoms with Crippen LogP contribution in [0.15, 0.2) is 35.3 Å². The third kappa shape index (κ3) is 5.07. The number of benzene rings is 1. The van der Waals surface area contributed by atoms with E-state index in [0.29, 0.717) is 19.6 Å². The van der Waals surface area contributed by atoms with Crippen LogP contribution >= 0.6 is 0 Å². The van der Waals surface area contributed by atoms with Crippen molar-refractivity contribution in [1.82, 2.24) is 25.3 Å². The normalized spacial score (nSPS) is 15.3. The summed E-state index contributed by atoms with van der Waals surface area (Å²) in [4.78, 5) is 17.7. The van der Waals surface area contributed by atoms with E-state index in [1.807, 2.05) is 23.7 Å². The van der Waals surface area contributed by atoms with Crippen LogP contribution in [0, 0.1) is 13.8 Å². The van der Waals surface area contributed by atoms with Crippen molar-refractivity contribution in [2.45, 2.75) is 39.3 Å². The second kappa shape index (κ2) is 9.45. The quantitative estimate of drug-likeness (QED) is 0.610. The Morgan fingerprint density at radius 2 is 2.00 bits per heavy atom. The van der Waals surface area contributed by atoms with Gasteiger partial charge in [0.05, 0.1) is 18.5 Å². The number of carbonyl (C=O) groups is 1. The standard InChI is InChI=1S/C21H30N6O2/c1-15-13-16(2)27(25-15)19-8-6-5-7-17(19)14-23-20(22-3)24-18-9-11-26(12-10-18)21(28)29-4/h5-8,13,18H,9-12,14H2,1-4H3,(H2,22,23,24). The molecule has 8 heteroatoms. The van der Waals surface area contributed by atoms with Gasteiger partial charge >= 0.3 is 6.09 Å². The molecule has 2 heterocycles. The van der Waals surface area contributed by atoms with Crippen LogP contribution in [0.4, 0.5) is 4.79 Å². The van der Waals surface area contributed by atoms with Gasteiger partial charge in [-0.2, -0.15) is 5.10 Å². The van der Waals surface area contributed by atoms with Gasteiger partial charge in [-0.15, -0.1) is 0 Å². The van der Waals surface area contributed by atoms with Crippen LogP contribution in [-0.4, -0.2) is 60.0 Å². The number of rotatable bonds is 4. The average Bonchev–Trinajstić information content (AvgIpc) is 3.08. The minimum atomic E-state index is -0.258. The minimum Gasteiger partial charge on any atom is -0.453 e. The number of amides is 1. The lowest BCUT2D eigenvalue weighted by Gasteiger charge is -2.32. The SMILES string of the molecule is CN=C(NCc1ccccc1-n1nc(C)cc1C)NC1CCN(C(=O)OC)CC1. The van der Waals surface area contributed by atoms with Crippen LogP contribution in [0.25, 0.3) is 5.69 Å². The molecule has 8 nitrogen and oxygen atoms in total. The van der Waals surface area contributed by atoms with E-state index in [-0.39, 0.29) is 12.1 Å². The van der Waals surface area contributed by atoms with Gasteiger partial charge in [0.2, 0.25) is 0 Å².